The van der Waals surface area contributed by atoms with Gasteiger partial charge >= 0.3 is 0 Å². The van der Waals surface area contributed by atoms with Crippen LogP contribution in [-0.2, 0) is 0 Å². The lowest BCUT2D eigenvalue weighted by Crippen LogP contribution is -2.27. The molecular formula is C20H25F2N5O. The van der Waals surface area contributed by atoms with E-state index in [1.54, 1.807) is 0 Å². The van der Waals surface area contributed by atoms with Crippen LogP contribution in [0, 0.1) is 11.6 Å². The molecule has 2 aromatic heterocycles. The molecule has 8 heteroatoms. The first kappa shape index (κ1) is 20.1. The highest BCUT2D eigenvalue weighted by atomic mass is 19.1. The second-order valence-electron chi connectivity index (χ2n) is 6.71. The summed E-state index contributed by atoms with van der Waals surface area (Å²) in [5.41, 5.74) is 0.872. The van der Waals surface area contributed by atoms with Crippen LogP contribution in [0.1, 0.15) is 33.1 Å². The predicted octanol–water partition coefficient (Wildman–Crippen LogP) is 4.49. The van der Waals surface area contributed by atoms with Gasteiger partial charge in [-0.1, -0.05) is 19.0 Å². The molecule has 0 bridgehead atoms. The first-order valence-corrected chi connectivity index (χ1v) is 9.65. The summed E-state index contributed by atoms with van der Waals surface area (Å²) in [5.74, 6) is -0.808. The second kappa shape index (κ2) is 9.54. The Bertz CT molecular complexity index is 888. The zero-order valence-corrected chi connectivity index (χ0v) is 16.2. The number of aromatic nitrogens is 3. The maximum atomic E-state index is 13.6. The van der Waals surface area contributed by atoms with Crippen molar-refractivity contribution in [1.29, 1.82) is 0 Å². The summed E-state index contributed by atoms with van der Waals surface area (Å²) in [5, 5.41) is 7.76. The van der Waals surface area contributed by atoms with E-state index in [1.165, 1.54) is 18.5 Å². The van der Waals surface area contributed by atoms with E-state index in [-0.39, 0.29) is 11.3 Å². The van der Waals surface area contributed by atoms with Gasteiger partial charge in [-0.15, -0.1) is 0 Å². The fourth-order valence-corrected chi connectivity index (χ4v) is 3.29. The Morgan fingerprint density at radius 2 is 1.71 bits per heavy atom. The van der Waals surface area contributed by atoms with Gasteiger partial charge in [-0.2, -0.15) is 4.98 Å². The van der Waals surface area contributed by atoms with E-state index < -0.39 is 11.6 Å². The van der Waals surface area contributed by atoms with Crippen molar-refractivity contribution in [2.45, 2.75) is 33.1 Å². The van der Waals surface area contributed by atoms with Crippen LogP contribution in [0.2, 0.25) is 0 Å². The number of rotatable bonds is 10. The lowest BCUT2D eigenvalue weighted by Gasteiger charge is -2.20. The normalized spacial score (nSPS) is 11.5. The number of halogens is 2. The monoisotopic (exact) mass is 389 g/mol. The SMILES string of the molecule is CCCN(CCC)CCCNc1ncnc2onc(-c3cc(F)cc(F)c3)c12. The lowest BCUT2D eigenvalue weighted by atomic mass is 10.1. The van der Waals surface area contributed by atoms with Gasteiger partial charge in [-0.25, -0.2) is 13.8 Å². The van der Waals surface area contributed by atoms with Gasteiger partial charge in [0, 0.05) is 18.2 Å². The first-order valence-electron chi connectivity index (χ1n) is 9.65. The molecule has 0 saturated carbocycles. The Morgan fingerprint density at radius 3 is 2.39 bits per heavy atom. The quantitative estimate of drug-likeness (QED) is 0.516. The van der Waals surface area contributed by atoms with Crippen molar-refractivity contribution in [3.63, 3.8) is 0 Å². The molecule has 0 saturated heterocycles. The van der Waals surface area contributed by atoms with Gasteiger partial charge in [0.2, 0.25) is 0 Å². The molecule has 1 N–H and O–H groups in total. The molecule has 1 aromatic carbocycles. The predicted molar refractivity (Wildman–Crippen MR) is 105 cm³/mol. The molecule has 3 rings (SSSR count). The van der Waals surface area contributed by atoms with E-state index in [9.17, 15) is 8.78 Å². The van der Waals surface area contributed by atoms with E-state index in [0.717, 1.165) is 45.0 Å². The topological polar surface area (TPSA) is 67.1 Å². The minimum atomic E-state index is -0.676. The van der Waals surface area contributed by atoms with Crippen LogP contribution >= 0.6 is 0 Å². The van der Waals surface area contributed by atoms with E-state index in [0.29, 0.717) is 23.4 Å². The molecule has 0 unspecified atom stereocenters. The van der Waals surface area contributed by atoms with Gasteiger partial charge in [-0.05, 0) is 51.0 Å². The molecule has 6 nitrogen and oxygen atoms in total. The molecule has 28 heavy (non-hydrogen) atoms. The Kier molecular flexibility index (Phi) is 6.86. The van der Waals surface area contributed by atoms with Gasteiger partial charge < -0.3 is 14.7 Å². The zero-order chi connectivity index (χ0) is 19.9. The summed E-state index contributed by atoms with van der Waals surface area (Å²) in [4.78, 5) is 10.8. The smallest absolute Gasteiger partial charge is 0.263 e. The summed E-state index contributed by atoms with van der Waals surface area (Å²) < 4.78 is 32.5. The molecule has 0 aliphatic carbocycles. The highest BCUT2D eigenvalue weighted by Gasteiger charge is 2.18. The molecule has 0 aliphatic heterocycles. The molecular weight excluding hydrogens is 364 g/mol. The third-order valence-electron chi connectivity index (χ3n) is 4.43. The zero-order valence-electron chi connectivity index (χ0n) is 16.2. The molecule has 0 atom stereocenters. The maximum Gasteiger partial charge on any atom is 0.263 e. The van der Waals surface area contributed by atoms with E-state index in [4.69, 9.17) is 4.52 Å². The molecule has 0 aliphatic rings. The molecule has 0 fully saturated rings. The summed E-state index contributed by atoms with van der Waals surface area (Å²) in [6, 6.07) is 3.24. The van der Waals surface area contributed by atoms with Gasteiger partial charge in [-0.3, -0.25) is 0 Å². The van der Waals surface area contributed by atoms with Crippen molar-refractivity contribution in [3.8, 4) is 11.3 Å². The van der Waals surface area contributed by atoms with E-state index in [2.05, 4.69) is 39.2 Å². The maximum absolute atomic E-state index is 13.6. The van der Waals surface area contributed by atoms with Crippen molar-refractivity contribution in [1.82, 2.24) is 20.0 Å². The number of hydrogen-bond donors (Lipinski definition) is 1. The van der Waals surface area contributed by atoms with Crippen LogP contribution in [0.5, 0.6) is 0 Å². The number of benzene rings is 1. The van der Waals surface area contributed by atoms with Gasteiger partial charge in [0.15, 0.2) is 0 Å². The fourth-order valence-electron chi connectivity index (χ4n) is 3.29. The van der Waals surface area contributed by atoms with Crippen molar-refractivity contribution < 1.29 is 13.3 Å². The van der Waals surface area contributed by atoms with Crippen LogP contribution in [0.3, 0.4) is 0 Å². The summed E-state index contributed by atoms with van der Waals surface area (Å²) >= 11 is 0. The second-order valence-corrected chi connectivity index (χ2v) is 6.71. The first-order chi connectivity index (χ1) is 13.6. The Morgan fingerprint density at radius 1 is 1.00 bits per heavy atom. The number of nitrogens with one attached hydrogen (secondary N) is 1. The van der Waals surface area contributed by atoms with Crippen LogP contribution in [0.25, 0.3) is 22.4 Å². The summed E-state index contributed by atoms with van der Waals surface area (Å²) in [7, 11) is 0. The molecule has 2 heterocycles. The molecule has 150 valence electrons. The largest absolute Gasteiger partial charge is 0.369 e. The Hall–Kier alpha value is -2.61. The van der Waals surface area contributed by atoms with Crippen molar-refractivity contribution >= 4 is 16.9 Å². The van der Waals surface area contributed by atoms with Crippen molar-refractivity contribution in [2.75, 3.05) is 31.5 Å². The lowest BCUT2D eigenvalue weighted by molar-refractivity contribution is 0.274. The number of fused-ring (bicyclic) bond motifs is 1. The highest BCUT2D eigenvalue weighted by Crippen LogP contribution is 2.31. The number of anilines is 1. The van der Waals surface area contributed by atoms with Gasteiger partial charge in [0.25, 0.3) is 5.71 Å². The molecule has 3 aromatic rings. The average Bonchev–Trinajstić information content (AvgIpc) is 3.10. The van der Waals surface area contributed by atoms with Gasteiger partial charge in [0.05, 0.1) is 0 Å². The average molecular weight is 389 g/mol. The molecule has 0 radical (unpaired) electrons. The molecule has 0 amide bonds. The summed E-state index contributed by atoms with van der Waals surface area (Å²) in [6.45, 7) is 8.24. The standard InChI is InChI=1S/C20H25F2N5O/c1-3-7-27(8-4-2)9-5-6-23-19-17-18(26-28-20(17)25-13-24-19)14-10-15(21)12-16(22)11-14/h10-13H,3-9H2,1-2H3,(H,23,24,25). The van der Waals surface area contributed by atoms with Crippen LogP contribution in [0.15, 0.2) is 29.0 Å². The number of hydrogen-bond acceptors (Lipinski definition) is 6. The third-order valence-corrected chi connectivity index (χ3v) is 4.43. The molecule has 0 spiro atoms. The number of nitrogens with zero attached hydrogens (tertiary/aromatic N) is 4. The Balaban J connectivity index is 1.76. The van der Waals surface area contributed by atoms with Crippen LogP contribution in [0.4, 0.5) is 14.6 Å². The van der Waals surface area contributed by atoms with Crippen molar-refractivity contribution in [2.24, 2.45) is 0 Å². The van der Waals surface area contributed by atoms with Gasteiger partial charge in [0.1, 0.15) is 34.9 Å². The third kappa shape index (κ3) is 4.81. The highest BCUT2D eigenvalue weighted by molar-refractivity contribution is 5.97. The van der Waals surface area contributed by atoms with E-state index in [1.807, 2.05) is 0 Å². The van der Waals surface area contributed by atoms with Crippen LogP contribution in [-0.4, -0.2) is 46.2 Å². The Labute approximate surface area is 163 Å². The minimum absolute atomic E-state index is 0.274. The van der Waals surface area contributed by atoms with Crippen molar-refractivity contribution in [3.05, 3.63) is 36.2 Å². The van der Waals surface area contributed by atoms with Crippen LogP contribution < -0.4 is 5.32 Å². The van der Waals surface area contributed by atoms with E-state index >= 15 is 0 Å². The minimum Gasteiger partial charge on any atom is -0.369 e. The summed E-state index contributed by atoms with van der Waals surface area (Å²) in [6.07, 6.45) is 4.59. The fraction of sp³-hybridized carbons (Fsp3) is 0.450.